The second-order valence-corrected chi connectivity index (χ2v) is 4.32. The summed E-state index contributed by atoms with van der Waals surface area (Å²) in [4.78, 5) is 0. The zero-order chi connectivity index (χ0) is 13.1. The molecule has 0 fully saturated rings. The molecule has 5 heteroatoms. The molecule has 0 aliphatic carbocycles. The van der Waals surface area contributed by atoms with Gasteiger partial charge in [-0.05, 0) is 31.5 Å². The van der Waals surface area contributed by atoms with Gasteiger partial charge in [0, 0.05) is 23.8 Å². The minimum atomic E-state index is -0.825. The van der Waals surface area contributed by atoms with Gasteiger partial charge in [0.25, 0.3) is 0 Å². The molecule has 18 heavy (non-hydrogen) atoms. The molecule has 1 aromatic heterocycles. The molecule has 0 spiro atoms. The molecular weight excluding hydrogens is 236 g/mol. The van der Waals surface area contributed by atoms with Crippen LogP contribution in [0.2, 0.25) is 0 Å². The van der Waals surface area contributed by atoms with Crippen LogP contribution in [0.4, 0.5) is 8.78 Å². The molecule has 0 saturated heterocycles. The van der Waals surface area contributed by atoms with E-state index >= 15 is 0 Å². The Hall–Kier alpha value is -1.75. The lowest BCUT2D eigenvalue weighted by Gasteiger charge is -2.19. The highest BCUT2D eigenvalue weighted by molar-refractivity contribution is 5.21. The number of hydrogen-bond donors (Lipinski definition) is 2. The molecule has 0 amide bonds. The highest BCUT2D eigenvalue weighted by atomic mass is 19.2. The highest BCUT2D eigenvalue weighted by Gasteiger charge is 2.13. The summed E-state index contributed by atoms with van der Waals surface area (Å²) < 4.78 is 26.0. The minimum Gasteiger partial charge on any atom is -0.304 e. The first kappa shape index (κ1) is 12.7. The molecule has 3 nitrogen and oxygen atoms in total. The van der Waals surface area contributed by atoms with E-state index in [1.54, 1.807) is 18.5 Å². The van der Waals surface area contributed by atoms with Crippen LogP contribution in [-0.4, -0.2) is 10.2 Å². The van der Waals surface area contributed by atoms with Crippen LogP contribution in [-0.2, 0) is 0 Å². The van der Waals surface area contributed by atoms with Crippen LogP contribution in [0.15, 0.2) is 30.6 Å². The molecule has 2 aromatic rings. The van der Waals surface area contributed by atoms with Gasteiger partial charge in [-0.25, -0.2) is 8.78 Å². The zero-order valence-electron chi connectivity index (χ0n) is 10.2. The smallest absolute Gasteiger partial charge is 0.159 e. The molecule has 0 bridgehead atoms. The first-order valence-electron chi connectivity index (χ1n) is 5.77. The second kappa shape index (κ2) is 5.27. The first-order chi connectivity index (χ1) is 8.58. The van der Waals surface area contributed by atoms with E-state index in [2.05, 4.69) is 15.5 Å². The number of benzene rings is 1. The zero-order valence-corrected chi connectivity index (χ0v) is 10.2. The number of nitrogens with one attached hydrogen (secondary N) is 2. The molecule has 0 aliphatic heterocycles. The average molecular weight is 251 g/mol. The molecule has 2 unspecified atom stereocenters. The van der Waals surface area contributed by atoms with Gasteiger partial charge in [-0.2, -0.15) is 5.10 Å². The van der Waals surface area contributed by atoms with E-state index in [0.717, 1.165) is 11.6 Å². The Morgan fingerprint density at radius 2 is 1.83 bits per heavy atom. The maximum Gasteiger partial charge on any atom is 0.159 e. The van der Waals surface area contributed by atoms with Gasteiger partial charge in [-0.1, -0.05) is 6.07 Å². The molecule has 96 valence electrons. The summed E-state index contributed by atoms with van der Waals surface area (Å²) in [5, 5.41) is 9.91. The Labute approximate surface area is 104 Å². The fraction of sp³-hybridized carbons (Fsp3) is 0.308. The largest absolute Gasteiger partial charge is 0.304 e. The van der Waals surface area contributed by atoms with E-state index in [-0.39, 0.29) is 12.1 Å². The second-order valence-electron chi connectivity index (χ2n) is 4.32. The van der Waals surface area contributed by atoms with E-state index in [4.69, 9.17) is 0 Å². The summed E-state index contributed by atoms with van der Waals surface area (Å²) in [6, 6.07) is 3.94. The van der Waals surface area contributed by atoms with E-state index in [1.165, 1.54) is 6.07 Å². The maximum absolute atomic E-state index is 13.1. The standard InChI is InChI=1S/C13H15F2N3/c1-8(10-3-4-12(14)13(15)5-10)18-9(2)11-6-16-17-7-11/h3-9,18H,1-2H3,(H,16,17). The predicted molar refractivity (Wildman–Crippen MR) is 64.9 cm³/mol. The summed E-state index contributed by atoms with van der Waals surface area (Å²) in [6.45, 7) is 3.89. The fourth-order valence-electron chi connectivity index (χ4n) is 1.85. The van der Waals surface area contributed by atoms with Crippen molar-refractivity contribution >= 4 is 0 Å². The summed E-state index contributed by atoms with van der Waals surface area (Å²) >= 11 is 0. The van der Waals surface area contributed by atoms with Crippen LogP contribution in [0.3, 0.4) is 0 Å². The van der Waals surface area contributed by atoms with Gasteiger partial charge in [0.1, 0.15) is 0 Å². The van der Waals surface area contributed by atoms with Crippen LogP contribution >= 0.6 is 0 Å². The molecule has 0 radical (unpaired) electrons. The molecule has 1 heterocycles. The van der Waals surface area contributed by atoms with Crippen molar-refractivity contribution in [2.24, 2.45) is 0 Å². The van der Waals surface area contributed by atoms with Crippen LogP contribution in [0.1, 0.15) is 37.1 Å². The van der Waals surface area contributed by atoms with Crippen LogP contribution in [0, 0.1) is 11.6 Å². The molecular formula is C13H15F2N3. The first-order valence-corrected chi connectivity index (χ1v) is 5.77. The van der Waals surface area contributed by atoms with Gasteiger partial charge in [0.2, 0.25) is 0 Å². The third-order valence-electron chi connectivity index (χ3n) is 2.96. The third kappa shape index (κ3) is 2.73. The Balaban J connectivity index is 2.07. The van der Waals surface area contributed by atoms with E-state index in [1.807, 2.05) is 13.8 Å². The van der Waals surface area contributed by atoms with Crippen molar-refractivity contribution < 1.29 is 8.78 Å². The molecule has 2 N–H and O–H groups in total. The van der Waals surface area contributed by atoms with Gasteiger partial charge in [-0.3, -0.25) is 5.10 Å². The van der Waals surface area contributed by atoms with Gasteiger partial charge in [0.05, 0.1) is 6.20 Å². The number of halogens is 2. The average Bonchev–Trinajstić information content (AvgIpc) is 2.86. The lowest BCUT2D eigenvalue weighted by molar-refractivity contribution is 0.480. The SMILES string of the molecule is CC(NC(C)c1ccc(F)c(F)c1)c1cn[nH]c1. The molecule has 2 rings (SSSR count). The Kier molecular flexibility index (Phi) is 3.72. The van der Waals surface area contributed by atoms with Gasteiger partial charge in [-0.15, -0.1) is 0 Å². The molecule has 1 aromatic carbocycles. The lowest BCUT2D eigenvalue weighted by Crippen LogP contribution is -2.22. The number of H-pyrrole nitrogens is 1. The summed E-state index contributed by atoms with van der Waals surface area (Å²) in [7, 11) is 0. The van der Waals surface area contributed by atoms with E-state index in [0.29, 0.717) is 5.56 Å². The number of aromatic nitrogens is 2. The van der Waals surface area contributed by atoms with Crippen LogP contribution in [0.5, 0.6) is 0 Å². The maximum atomic E-state index is 13.1. The van der Waals surface area contributed by atoms with Crippen molar-refractivity contribution in [3.63, 3.8) is 0 Å². The number of hydrogen-bond acceptors (Lipinski definition) is 2. The Morgan fingerprint density at radius 3 is 2.44 bits per heavy atom. The minimum absolute atomic E-state index is 0.0758. The summed E-state index contributed by atoms with van der Waals surface area (Å²) in [5.41, 5.74) is 1.73. The van der Waals surface area contributed by atoms with Crippen molar-refractivity contribution in [3.8, 4) is 0 Å². The molecule has 2 atom stereocenters. The Bertz CT molecular complexity index is 511. The molecule has 0 saturated carbocycles. The van der Waals surface area contributed by atoms with Crippen molar-refractivity contribution in [3.05, 3.63) is 53.4 Å². The van der Waals surface area contributed by atoms with Gasteiger partial charge >= 0.3 is 0 Å². The molecule has 0 aliphatic rings. The summed E-state index contributed by atoms with van der Waals surface area (Å²) in [6.07, 6.45) is 3.53. The fourth-order valence-corrected chi connectivity index (χ4v) is 1.85. The third-order valence-corrected chi connectivity index (χ3v) is 2.96. The van der Waals surface area contributed by atoms with Crippen LogP contribution < -0.4 is 5.32 Å². The van der Waals surface area contributed by atoms with Gasteiger partial charge < -0.3 is 5.32 Å². The Morgan fingerprint density at radius 1 is 1.11 bits per heavy atom. The van der Waals surface area contributed by atoms with E-state index < -0.39 is 11.6 Å². The van der Waals surface area contributed by atoms with Crippen molar-refractivity contribution in [1.82, 2.24) is 15.5 Å². The summed E-state index contributed by atoms with van der Waals surface area (Å²) in [5.74, 6) is -1.65. The number of aromatic amines is 1. The van der Waals surface area contributed by atoms with Crippen molar-refractivity contribution in [2.75, 3.05) is 0 Å². The van der Waals surface area contributed by atoms with Crippen molar-refractivity contribution in [1.29, 1.82) is 0 Å². The lowest BCUT2D eigenvalue weighted by atomic mass is 10.1. The van der Waals surface area contributed by atoms with Crippen molar-refractivity contribution in [2.45, 2.75) is 25.9 Å². The normalized spacial score (nSPS) is 14.4. The predicted octanol–water partition coefficient (Wildman–Crippen LogP) is 3.10. The van der Waals surface area contributed by atoms with E-state index in [9.17, 15) is 8.78 Å². The highest BCUT2D eigenvalue weighted by Crippen LogP contribution is 2.20. The van der Waals surface area contributed by atoms with Gasteiger partial charge in [0.15, 0.2) is 11.6 Å². The number of nitrogens with zero attached hydrogens (tertiary/aromatic N) is 1. The quantitative estimate of drug-likeness (QED) is 0.876. The van der Waals surface area contributed by atoms with Crippen LogP contribution in [0.25, 0.3) is 0 Å². The monoisotopic (exact) mass is 251 g/mol. The number of rotatable bonds is 4. The topological polar surface area (TPSA) is 40.7 Å².